The van der Waals surface area contributed by atoms with Crippen molar-refractivity contribution < 1.29 is 19.1 Å². The van der Waals surface area contributed by atoms with E-state index >= 15 is 0 Å². The first-order valence-electron chi connectivity index (χ1n) is 10.6. The molecule has 1 saturated heterocycles. The molecule has 0 aromatic heterocycles. The summed E-state index contributed by atoms with van der Waals surface area (Å²) in [6.45, 7) is 7.17. The average molecular weight is 404 g/mol. The third kappa shape index (κ3) is 6.18. The monoisotopic (exact) mass is 403 g/mol. The van der Waals surface area contributed by atoms with Gasteiger partial charge in [0.2, 0.25) is 11.8 Å². The number of nitrogens with zero attached hydrogens (tertiary/aromatic N) is 1. The Kier molecular flexibility index (Phi) is 7.50. The van der Waals surface area contributed by atoms with Gasteiger partial charge in [-0.3, -0.25) is 14.5 Å². The Labute approximate surface area is 173 Å². The van der Waals surface area contributed by atoms with E-state index in [1.54, 1.807) is 0 Å². The molecule has 2 N–H and O–H groups in total. The molecule has 0 spiro atoms. The maximum Gasteiger partial charge on any atom is 0.240 e. The van der Waals surface area contributed by atoms with E-state index in [0.29, 0.717) is 26.2 Å². The molecular formula is C22H33N3O4. The van der Waals surface area contributed by atoms with Gasteiger partial charge in [-0.05, 0) is 45.2 Å². The van der Waals surface area contributed by atoms with Crippen molar-refractivity contribution in [1.82, 2.24) is 15.5 Å². The van der Waals surface area contributed by atoms with E-state index in [0.717, 1.165) is 38.1 Å². The molecule has 3 rings (SSSR count). The Morgan fingerprint density at radius 3 is 2.45 bits per heavy atom. The van der Waals surface area contributed by atoms with Gasteiger partial charge in [-0.1, -0.05) is 18.2 Å². The van der Waals surface area contributed by atoms with Crippen LogP contribution in [-0.4, -0.2) is 67.2 Å². The highest BCUT2D eigenvalue weighted by Gasteiger charge is 2.37. The van der Waals surface area contributed by atoms with Crippen molar-refractivity contribution in [1.29, 1.82) is 0 Å². The van der Waals surface area contributed by atoms with Crippen LogP contribution in [0.3, 0.4) is 0 Å². The van der Waals surface area contributed by atoms with Crippen molar-refractivity contribution in [2.75, 3.05) is 32.9 Å². The van der Waals surface area contributed by atoms with Crippen LogP contribution in [0.4, 0.5) is 0 Å². The molecule has 1 aliphatic carbocycles. The van der Waals surface area contributed by atoms with Gasteiger partial charge >= 0.3 is 0 Å². The fourth-order valence-electron chi connectivity index (χ4n) is 3.95. The molecule has 0 radical (unpaired) electrons. The van der Waals surface area contributed by atoms with Crippen LogP contribution < -0.4 is 15.4 Å². The van der Waals surface area contributed by atoms with Crippen LogP contribution >= 0.6 is 0 Å². The van der Waals surface area contributed by atoms with Gasteiger partial charge in [-0.15, -0.1) is 0 Å². The summed E-state index contributed by atoms with van der Waals surface area (Å²) in [5, 5.41) is 6.26. The molecule has 1 saturated carbocycles. The van der Waals surface area contributed by atoms with Gasteiger partial charge in [0.1, 0.15) is 5.75 Å². The smallest absolute Gasteiger partial charge is 0.240 e. The number of ether oxygens (including phenoxy) is 2. The van der Waals surface area contributed by atoms with Gasteiger partial charge in [0.25, 0.3) is 0 Å². The zero-order valence-corrected chi connectivity index (χ0v) is 17.5. The summed E-state index contributed by atoms with van der Waals surface area (Å²) >= 11 is 0. The number of carbonyl (C=O) groups excluding carboxylic acids is 2. The maximum atomic E-state index is 12.8. The maximum absolute atomic E-state index is 12.8. The van der Waals surface area contributed by atoms with Gasteiger partial charge in [0.15, 0.2) is 0 Å². The quantitative estimate of drug-likeness (QED) is 0.691. The van der Waals surface area contributed by atoms with Gasteiger partial charge in [-0.25, -0.2) is 0 Å². The molecule has 160 valence electrons. The van der Waals surface area contributed by atoms with Crippen LogP contribution in [0.1, 0.15) is 39.5 Å². The second-order valence-electron chi connectivity index (χ2n) is 8.32. The molecule has 1 heterocycles. The Hall–Kier alpha value is -2.12. The highest BCUT2D eigenvalue weighted by atomic mass is 16.5. The first kappa shape index (κ1) is 21.6. The van der Waals surface area contributed by atoms with E-state index in [-0.39, 0.29) is 23.9 Å². The second-order valence-corrected chi connectivity index (χ2v) is 8.32. The SMILES string of the molecule is CC(C)(C(=O)N[C@@H]1CC[C@H](NC(=O)CCOc2ccccc2)C1)N1CCOCC1. The zero-order chi connectivity index (χ0) is 20.7. The van der Waals surface area contributed by atoms with Gasteiger partial charge in [0.05, 0.1) is 31.8 Å². The van der Waals surface area contributed by atoms with E-state index in [4.69, 9.17) is 9.47 Å². The lowest BCUT2D eigenvalue weighted by Crippen LogP contribution is -2.59. The first-order chi connectivity index (χ1) is 13.9. The zero-order valence-electron chi connectivity index (χ0n) is 17.5. The number of benzene rings is 1. The first-order valence-corrected chi connectivity index (χ1v) is 10.6. The van der Waals surface area contributed by atoms with Gasteiger partial charge in [-0.2, -0.15) is 0 Å². The van der Waals surface area contributed by atoms with Gasteiger partial charge in [0, 0.05) is 25.2 Å². The third-order valence-electron chi connectivity index (χ3n) is 5.83. The minimum absolute atomic E-state index is 0.00782. The Balaban J connectivity index is 1.37. The third-order valence-corrected chi connectivity index (χ3v) is 5.83. The van der Waals surface area contributed by atoms with Crippen LogP contribution in [0.15, 0.2) is 30.3 Å². The molecule has 0 bridgehead atoms. The van der Waals surface area contributed by atoms with E-state index in [9.17, 15) is 9.59 Å². The molecule has 0 unspecified atom stereocenters. The summed E-state index contributed by atoms with van der Waals surface area (Å²) in [7, 11) is 0. The molecule has 2 fully saturated rings. The molecule has 1 aromatic carbocycles. The fourth-order valence-corrected chi connectivity index (χ4v) is 3.95. The molecule has 2 amide bonds. The van der Waals surface area contributed by atoms with Crippen LogP contribution in [0.5, 0.6) is 5.75 Å². The number of amides is 2. The van der Waals surface area contributed by atoms with Gasteiger partial charge < -0.3 is 20.1 Å². The summed E-state index contributed by atoms with van der Waals surface area (Å²) in [6, 6.07) is 9.70. The van der Waals surface area contributed by atoms with Crippen LogP contribution in [0, 0.1) is 0 Å². The molecule has 2 aliphatic rings. The topological polar surface area (TPSA) is 79.9 Å². The number of nitrogens with one attached hydrogen (secondary N) is 2. The number of morpholine rings is 1. The van der Waals surface area contributed by atoms with Crippen molar-refractivity contribution in [2.45, 2.75) is 57.2 Å². The highest BCUT2D eigenvalue weighted by Crippen LogP contribution is 2.22. The standard InChI is InChI=1S/C22H33N3O4/c1-22(2,25-11-14-28-15-12-25)21(27)24-18-9-8-17(16-18)23-20(26)10-13-29-19-6-4-3-5-7-19/h3-7,17-18H,8-16H2,1-2H3,(H,23,26)(H,24,27)/t17-,18+/m0/s1. The minimum Gasteiger partial charge on any atom is -0.493 e. The number of hydrogen-bond donors (Lipinski definition) is 2. The molecule has 2 atom stereocenters. The molecular weight excluding hydrogens is 370 g/mol. The highest BCUT2D eigenvalue weighted by molar-refractivity contribution is 5.85. The molecule has 29 heavy (non-hydrogen) atoms. The van der Waals surface area contributed by atoms with Crippen LogP contribution in [0.25, 0.3) is 0 Å². The predicted molar refractivity (Wildman–Crippen MR) is 111 cm³/mol. The summed E-state index contributed by atoms with van der Waals surface area (Å²) in [5.41, 5.74) is -0.556. The summed E-state index contributed by atoms with van der Waals surface area (Å²) in [4.78, 5) is 27.2. The average Bonchev–Trinajstić information content (AvgIpc) is 3.16. The van der Waals surface area contributed by atoms with Crippen molar-refractivity contribution in [2.24, 2.45) is 0 Å². The Bertz CT molecular complexity index is 674. The lowest BCUT2D eigenvalue weighted by atomic mass is 10.00. The largest absolute Gasteiger partial charge is 0.493 e. The number of hydrogen-bond acceptors (Lipinski definition) is 5. The lowest BCUT2D eigenvalue weighted by molar-refractivity contribution is -0.135. The second kappa shape index (κ2) is 10.1. The lowest BCUT2D eigenvalue weighted by Gasteiger charge is -2.40. The summed E-state index contributed by atoms with van der Waals surface area (Å²) in [5.74, 6) is 0.811. The Morgan fingerprint density at radius 2 is 1.76 bits per heavy atom. The summed E-state index contributed by atoms with van der Waals surface area (Å²) in [6.07, 6.45) is 2.87. The Morgan fingerprint density at radius 1 is 1.10 bits per heavy atom. The van der Waals surface area contributed by atoms with E-state index in [1.165, 1.54) is 0 Å². The molecule has 1 aromatic rings. The van der Waals surface area contributed by atoms with E-state index < -0.39 is 5.54 Å². The molecule has 7 nitrogen and oxygen atoms in total. The number of rotatable bonds is 8. The van der Waals surface area contributed by atoms with Crippen molar-refractivity contribution in [3.05, 3.63) is 30.3 Å². The number of para-hydroxylation sites is 1. The summed E-state index contributed by atoms with van der Waals surface area (Å²) < 4.78 is 11.0. The predicted octanol–water partition coefficient (Wildman–Crippen LogP) is 1.72. The van der Waals surface area contributed by atoms with Crippen molar-refractivity contribution in [3.8, 4) is 5.75 Å². The molecule has 7 heteroatoms. The fraction of sp³-hybridized carbons (Fsp3) is 0.636. The number of carbonyl (C=O) groups is 2. The van der Waals surface area contributed by atoms with E-state index in [2.05, 4.69) is 15.5 Å². The van der Waals surface area contributed by atoms with Crippen LogP contribution in [0.2, 0.25) is 0 Å². The minimum atomic E-state index is -0.556. The normalized spacial score (nSPS) is 22.8. The van der Waals surface area contributed by atoms with Crippen LogP contribution in [-0.2, 0) is 14.3 Å². The van der Waals surface area contributed by atoms with E-state index in [1.807, 2.05) is 44.2 Å². The molecule has 1 aliphatic heterocycles. The van der Waals surface area contributed by atoms with Crippen molar-refractivity contribution >= 4 is 11.8 Å². The van der Waals surface area contributed by atoms with Crippen molar-refractivity contribution in [3.63, 3.8) is 0 Å².